The van der Waals surface area contributed by atoms with Gasteiger partial charge in [0.2, 0.25) is 0 Å². The molecule has 5 heteroatoms. The number of nitrogen functional groups attached to an aromatic ring is 1. The molecular weight excluding hydrogens is 260 g/mol. The van der Waals surface area contributed by atoms with Crippen LogP contribution in [-0.4, -0.2) is 9.55 Å². The molecular formula is C15H19F2N3. The first-order valence-electron chi connectivity index (χ1n) is 6.58. The fourth-order valence-corrected chi connectivity index (χ4v) is 2.32. The first-order valence-corrected chi connectivity index (χ1v) is 6.58. The maximum Gasteiger partial charge on any atom is 0.159 e. The zero-order chi connectivity index (χ0) is 15.1. The van der Waals surface area contributed by atoms with Crippen LogP contribution >= 0.6 is 0 Å². The second-order valence-electron chi connectivity index (χ2n) is 5.75. The predicted octanol–water partition coefficient (Wildman–Crippen LogP) is 3.73. The Morgan fingerprint density at radius 1 is 1.20 bits per heavy atom. The lowest BCUT2D eigenvalue weighted by molar-refractivity contribution is 0.389. The molecule has 0 radical (unpaired) electrons. The summed E-state index contributed by atoms with van der Waals surface area (Å²) in [5.74, 6) is -0.473. The van der Waals surface area contributed by atoms with Crippen molar-refractivity contribution in [3.05, 3.63) is 35.7 Å². The van der Waals surface area contributed by atoms with Crippen LogP contribution in [0.4, 0.5) is 14.6 Å². The minimum Gasteiger partial charge on any atom is -0.383 e. The van der Waals surface area contributed by atoms with Crippen molar-refractivity contribution in [3.63, 3.8) is 0 Å². The van der Waals surface area contributed by atoms with Crippen LogP contribution in [0.1, 0.15) is 33.5 Å². The highest BCUT2D eigenvalue weighted by Gasteiger charge is 2.24. The molecule has 0 fully saturated rings. The minimum atomic E-state index is -0.898. The van der Waals surface area contributed by atoms with Crippen molar-refractivity contribution in [2.75, 3.05) is 5.73 Å². The molecule has 1 aromatic carbocycles. The van der Waals surface area contributed by atoms with E-state index in [1.54, 1.807) is 0 Å². The summed E-state index contributed by atoms with van der Waals surface area (Å²) in [6.07, 6.45) is 0.713. The number of halogens is 2. The van der Waals surface area contributed by atoms with Gasteiger partial charge in [0, 0.05) is 17.5 Å². The smallest absolute Gasteiger partial charge is 0.159 e. The van der Waals surface area contributed by atoms with Gasteiger partial charge in [0.15, 0.2) is 11.6 Å². The topological polar surface area (TPSA) is 43.8 Å². The lowest BCUT2D eigenvalue weighted by Crippen LogP contribution is -2.25. The zero-order valence-electron chi connectivity index (χ0n) is 12.2. The quantitative estimate of drug-likeness (QED) is 0.910. The summed E-state index contributed by atoms with van der Waals surface area (Å²) < 4.78 is 28.3. The maximum atomic E-state index is 13.4. The highest BCUT2D eigenvalue weighted by molar-refractivity contribution is 5.71. The first kappa shape index (κ1) is 14.5. The number of rotatable bonds is 2. The standard InChI is InChI=1S/C15H19F2N3/c1-5-12-19-13(14(18)20(12)15(2,3)4)9-6-7-10(16)11(17)8-9/h6-8H,5,18H2,1-4H3. The van der Waals surface area contributed by atoms with E-state index in [0.717, 1.165) is 18.0 Å². The summed E-state index contributed by atoms with van der Waals surface area (Å²) in [4.78, 5) is 4.48. The van der Waals surface area contributed by atoms with Gasteiger partial charge in [-0.15, -0.1) is 0 Å². The number of benzene rings is 1. The van der Waals surface area contributed by atoms with Crippen LogP contribution in [0.3, 0.4) is 0 Å². The van der Waals surface area contributed by atoms with Crippen molar-refractivity contribution in [3.8, 4) is 11.3 Å². The second-order valence-corrected chi connectivity index (χ2v) is 5.75. The zero-order valence-corrected chi connectivity index (χ0v) is 12.2. The number of anilines is 1. The van der Waals surface area contributed by atoms with Gasteiger partial charge in [-0.1, -0.05) is 6.92 Å². The molecule has 0 aliphatic heterocycles. The molecule has 2 N–H and O–H groups in total. The average Bonchev–Trinajstić information content (AvgIpc) is 2.69. The van der Waals surface area contributed by atoms with Crippen LogP contribution in [0.25, 0.3) is 11.3 Å². The number of aryl methyl sites for hydroxylation is 1. The van der Waals surface area contributed by atoms with Crippen LogP contribution in [0.15, 0.2) is 18.2 Å². The summed E-state index contributed by atoms with van der Waals surface area (Å²) in [7, 11) is 0. The minimum absolute atomic E-state index is 0.223. The predicted molar refractivity (Wildman–Crippen MR) is 76.4 cm³/mol. The Hall–Kier alpha value is -1.91. The number of hydrogen-bond acceptors (Lipinski definition) is 2. The molecule has 2 rings (SSSR count). The van der Waals surface area contributed by atoms with E-state index in [0.29, 0.717) is 23.5 Å². The van der Waals surface area contributed by atoms with Crippen molar-refractivity contribution < 1.29 is 8.78 Å². The molecule has 0 saturated heterocycles. The third kappa shape index (κ3) is 2.40. The van der Waals surface area contributed by atoms with Gasteiger partial charge in [-0.3, -0.25) is 0 Å². The summed E-state index contributed by atoms with van der Waals surface area (Å²) in [5, 5.41) is 0. The van der Waals surface area contributed by atoms with E-state index in [1.807, 2.05) is 32.3 Å². The molecule has 108 valence electrons. The fourth-order valence-electron chi connectivity index (χ4n) is 2.32. The van der Waals surface area contributed by atoms with Crippen molar-refractivity contribution in [1.82, 2.24) is 9.55 Å². The van der Waals surface area contributed by atoms with Gasteiger partial charge in [-0.2, -0.15) is 0 Å². The summed E-state index contributed by atoms with van der Waals surface area (Å²) in [6, 6.07) is 3.70. The van der Waals surface area contributed by atoms with Gasteiger partial charge in [0.1, 0.15) is 17.3 Å². The molecule has 1 aromatic heterocycles. The summed E-state index contributed by atoms with van der Waals surface area (Å²) in [5.41, 5.74) is 6.93. The maximum absolute atomic E-state index is 13.4. The number of imidazole rings is 1. The molecule has 0 saturated carbocycles. The van der Waals surface area contributed by atoms with Crippen molar-refractivity contribution in [2.45, 2.75) is 39.7 Å². The van der Waals surface area contributed by atoms with Crippen molar-refractivity contribution in [2.24, 2.45) is 0 Å². The van der Waals surface area contributed by atoms with Gasteiger partial charge in [0.05, 0.1) is 0 Å². The van der Waals surface area contributed by atoms with E-state index >= 15 is 0 Å². The highest BCUT2D eigenvalue weighted by Crippen LogP contribution is 2.32. The lowest BCUT2D eigenvalue weighted by Gasteiger charge is -2.24. The number of nitrogens with zero attached hydrogens (tertiary/aromatic N) is 2. The van der Waals surface area contributed by atoms with E-state index in [2.05, 4.69) is 4.98 Å². The third-order valence-corrected chi connectivity index (χ3v) is 3.16. The van der Waals surface area contributed by atoms with Crippen LogP contribution in [0.5, 0.6) is 0 Å². The molecule has 0 bridgehead atoms. The molecule has 3 nitrogen and oxygen atoms in total. The SMILES string of the molecule is CCc1nc(-c2ccc(F)c(F)c2)c(N)n1C(C)(C)C. The van der Waals surface area contributed by atoms with E-state index in [4.69, 9.17) is 5.73 Å². The lowest BCUT2D eigenvalue weighted by atomic mass is 10.1. The van der Waals surface area contributed by atoms with E-state index < -0.39 is 11.6 Å². The molecule has 1 heterocycles. The highest BCUT2D eigenvalue weighted by atomic mass is 19.2. The molecule has 2 aromatic rings. The Labute approximate surface area is 117 Å². The van der Waals surface area contributed by atoms with Crippen LogP contribution in [0, 0.1) is 11.6 Å². The van der Waals surface area contributed by atoms with Gasteiger partial charge >= 0.3 is 0 Å². The third-order valence-electron chi connectivity index (χ3n) is 3.16. The van der Waals surface area contributed by atoms with Crippen molar-refractivity contribution >= 4 is 5.82 Å². The summed E-state index contributed by atoms with van der Waals surface area (Å²) >= 11 is 0. The molecule has 0 aliphatic rings. The Bertz CT molecular complexity index is 639. The second kappa shape index (κ2) is 4.89. The van der Waals surface area contributed by atoms with Crippen LogP contribution in [-0.2, 0) is 12.0 Å². The molecule has 0 atom stereocenters. The van der Waals surface area contributed by atoms with Crippen LogP contribution in [0.2, 0.25) is 0 Å². The largest absolute Gasteiger partial charge is 0.383 e. The molecule has 0 amide bonds. The van der Waals surface area contributed by atoms with Gasteiger partial charge < -0.3 is 10.3 Å². The normalized spacial score (nSPS) is 11.9. The van der Waals surface area contributed by atoms with Crippen molar-refractivity contribution in [1.29, 1.82) is 0 Å². The summed E-state index contributed by atoms with van der Waals surface area (Å²) in [6.45, 7) is 8.07. The monoisotopic (exact) mass is 279 g/mol. The Balaban J connectivity index is 2.64. The van der Waals surface area contributed by atoms with E-state index in [-0.39, 0.29) is 5.54 Å². The first-order chi connectivity index (χ1) is 9.25. The molecule has 0 aliphatic carbocycles. The number of hydrogen-bond donors (Lipinski definition) is 1. The number of aromatic nitrogens is 2. The van der Waals surface area contributed by atoms with E-state index in [9.17, 15) is 8.78 Å². The van der Waals surface area contributed by atoms with E-state index in [1.165, 1.54) is 6.07 Å². The van der Waals surface area contributed by atoms with Gasteiger partial charge in [-0.05, 0) is 39.0 Å². The average molecular weight is 279 g/mol. The van der Waals surface area contributed by atoms with Crippen LogP contribution < -0.4 is 5.73 Å². The molecule has 0 unspecified atom stereocenters. The molecule has 20 heavy (non-hydrogen) atoms. The Morgan fingerprint density at radius 2 is 1.85 bits per heavy atom. The number of nitrogens with two attached hydrogens (primary N) is 1. The Kier molecular flexibility index (Phi) is 3.54. The van der Waals surface area contributed by atoms with Gasteiger partial charge in [-0.25, -0.2) is 13.8 Å². The van der Waals surface area contributed by atoms with Gasteiger partial charge in [0.25, 0.3) is 0 Å². The Morgan fingerprint density at radius 3 is 2.30 bits per heavy atom. The fraction of sp³-hybridized carbons (Fsp3) is 0.400. The molecule has 0 spiro atoms.